The molecule has 0 spiro atoms. The van der Waals surface area contributed by atoms with Gasteiger partial charge >= 0.3 is 0 Å². The highest BCUT2D eigenvalue weighted by Crippen LogP contribution is 2.40. The number of carbonyl (C=O) groups is 1. The predicted molar refractivity (Wildman–Crippen MR) is 84.8 cm³/mol. The molecule has 23 heavy (non-hydrogen) atoms. The van der Waals surface area contributed by atoms with Gasteiger partial charge in [-0.2, -0.15) is 0 Å². The van der Waals surface area contributed by atoms with Gasteiger partial charge < -0.3 is 10.5 Å². The summed E-state index contributed by atoms with van der Waals surface area (Å²) in [5.74, 6) is -0.670. The number of fused-ring (bicyclic) bond motifs is 1. The molecule has 4 nitrogen and oxygen atoms in total. The van der Waals surface area contributed by atoms with Crippen molar-refractivity contribution in [1.29, 1.82) is 0 Å². The van der Waals surface area contributed by atoms with Gasteiger partial charge in [0.25, 0.3) is 0 Å². The molecule has 0 radical (unpaired) electrons. The van der Waals surface area contributed by atoms with Crippen LogP contribution in [0.2, 0.25) is 0 Å². The van der Waals surface area contributed by atoms with Crippen molar-refractivity contribution in [2.24, 2.45) is 5.73 Å². The van der Waals surface area contributed by atoms with Crippen molar-refractivity contribution in [2.75, 3.05) is 0 Å². The second-order valence-corrected chi connectivity index (χ2v) is 6.99. The van der Waals surface area contributed by atoms with Crippen LogP contribution in [0.5, 0.6) is 5.75 Å². The van der Waals surface area contributed by atoms with Gasteiger partial charge in [-0.05, 0) is 44.2 Å². The molecule has 2 N–H and O–H groups in total. The molecule has 1 heterocycles. The summed E-state index contributed by atoms with van der Waals surface area (Å²) >= 11 is 0. The summed E-state index contributed by atoms with van der Waals surface area (Å²) in [5.41, 5.74) is 6.44. The Bertz CT molecular complexity index is 612. The molecule has 2 saturated carbocycles. The lowest BCUT2D eigenvalue weighted by Gasteiger charge is -2.50. The quantitative estimate of drug-likeness (QED) is 0.928. The fourth-order valence-corrected chi connectivity index (χ4v) is 4.02. The molecule has 0 bridgehead atoms. The van der Waals surface area contributed by atoms with Gasteiger partial charge in [-0.15, -0.1) is 0 Å². The van der Waals surface area contributed by atoms with E-state index in [4.69, 9.17) is 10.5 Å². The van der Waals surface area contributed by atoms with Gasteiger partial charge in [0.05, 0.1) is 0 Å². The maximum Gasteiger partial charge on any atom is 0.249 e. The van der Waals surface area contributed by atoms with Crippen LogP contribution in [0.25, 0.3) is 0 Å². The molecule has 1 aromatic carbocycles. The molecule has 4 rings (SSSR count). The summed E-state index contributed by atoms with van der Waals surface area (Å²) in [6.07, 6.45) is 8.78. The normalized spacial score (nSPS) is 24.5. The molecule has 2 aliphatic carbocycles. The van der Waals surface area contributed by atoms with Crippen LogP contribution in [-0.4, -0.2) is 29.1 Å². The molecule has 1 aromatic rings. The first-order valence-corrected chi connectivity index (χ1v) is 8.70. The number of nitrogens with zero attached hydrogens (tertiary/aromatic N) is 1. The Balaban J connectivity index is 1.62. The Morgan fingerprint density at radius 1 is 1.13 bits per heavy atom. The summed E-state index contributed by atoms with van der Waals surface area (Å²) in [6, 6.07) is 3.91. The van der Waals surface area contributed by atoms with E-state index in [1.165, 1.54) is 50.7 Å². The van der Waals surface area contributed by atoms with Crippen LogP contribution in [0.3, 0.4) is 0 Å². The molecule has 1 unspecified atom stereocenters. The third kappa shape index (κ3) is 2.51. The van der Waals surface area contributed by atoms with E-state index in [-0.39, 0.29) is 12.0 Å². The molecule has 0 saturated heterocycles. The Hall–Kier alpha value is -1.62. The first-order valence-electron chi connectivity index (χ1n) is 8.70. The van der Waals surface area contributed by atoms with Crippen molar-refractivity contribution in [3.63, 3.8) is 0 Å². The molecule has 2 fully saturated rings. The zero-order valence-corrected chi connectivity index (χ0v) is 13.3. The fourth-order valence-electron chi connectivity index (χ4n) is 4.02. The molecular weight excluding hydrogens is 295 g/mol. The van der Waals surface area contributed by atoms with E-state index in [9.17, 15) is 9.18 Å². The lowest BCUT2D eigenvalue weighted by molar-refractivity contribution is -0.0879. The minimum Gasteiger partial charge on any atom is -0.472 e. The lowest BCUT2D eigenvalue weighted by Crippen LogP contribution is -2.57. The molecule has 1 amide bonds. The zero-order chi connectivity index (χ0) is 16.0. The first kappa shape index (κ1) is 14.9. The molecular formula is C18H23FN2O2. The fraction of sp³-hybridized carbons (Fsp3) is 0.611. The van der Waals surface area contributed by atoms with Gasteiger partial charge in [0, 0.05) is 29.6 Å². The van der Waals surface area contributed by atoms with Crippen molar-refractivity contribution in [3.05, 3.63) is 29.1 Å². The number of nitrogens with two attached hydrogens (primary N) is 1. The number of halogens is 1. The minimum atomic E-state index is -0.516. The average molecular weight is 318 g/mol. The lowest BCUT2D eigenvalue weighted by atomic mass is 9.83. The average Bonchev–Trinajstić information content (AvgIpc) is 2.42. The molecule has 124 valence electrons. The summed E-state index contributed by atoms with van der Waals surface area (Å²) in [6.45, 7) is 0. The van der Waals surface area contributed by atoms with Gasteiger partial charge in [0.2, 0.25) is 5.91 Å². The summed E-state index contributed by atoms with van der Waals surface area (Å²) in [5, 5.41) is 0. The Kier molecular flexibility index (Phi) is 3.76. The van der Waals surface area contributed by atoms with Gasteiger partial charge in [0.1, 0.15) is 0 Å². The first-order chi connectivity index (χ1) is 11.1. The number of benzene rings is 1. The summed E-state index contributed by atoms with van der Waals surface area (Å²) in [7, 11) is 0. The highest BCUT2D eigenvalue weighted by atomic mass is 19.1. The topological polar surface area (TPSA) is 55.6 Å². The third-order valence-corrected chi connectivity index (χ3v) is 5.70. The monoisotopic (exact) mass is 318 g/mol. The Labute approximate surface area is 135 Å². The number of ether oxygens (including phenoxy) is 1. The second kappa shape index (κ2) is 5.78. The van der Waals surface area contributed by atoms with Crippen LogP contribution in [-0.2, 0) is 6.42 Å². The number of hydrogen-bond donors (Lipinski definition) is 1. The van der Waals surface area contributed by atoms with Gasteiger partial charge in [0.15, 0.2) is 17.8 Å². The SMILES string of the molecule is NC(=O)c1ccc(F)c2c1CCC(N(C1CCC1)C1CCC1)O2. The smallest absolute Gasteiger partial charge is 0.249 e. The van der Waals surface area contributed by atoms with E-state index in [0.29, 0.717) is 29.6 Å². The van der Waals surface area contributed by atoms with Crippen molar-refractivity contribution < 1.29 is 13.9 Å². The number of carbonyl (C=O) groups excluding carboxylic acids is 1. The molecule has 3 aliphatic rings. The van der Waals surface area contributed by atoms with Crippen molar-refractivity contribution in [2.45, 2.75) is 69.7 Å². The van der Waals surface area contributed by atoms with Crippen LogP contribution >= 0.6 is 0 Å². The largest absolute Gasteiger partial charge is 0.472 e. The number of primary amides is 1. The van der Waals surface area contributed by atoms with E-state index >= 15 is 0 Å². The van der Waals surface area contributed by atoms with Crippen LogP contribution < -0.4 is 10.5 Å². The number of amides is 1. The third-order valence-electron chi connectivity index (χ3n) is 5.70. The number of hydrogen-bond acceptors (Lipinski definition) is 3. The van der Waals surface area contributed by atoms with Crippen molar-refractivity contribution >= 4 is 5.91 Å². The number of rotatable bonds is 4. The van der Waals surface area contributed by atoms with Gasteiger partial charge in [-0.3, -0.25) is 9.69 Å². The Morgan fingerprint density at radius 3 is 2.30 bits per heavy atom. The predicted octanol–water partition coefficient (Wildman–Crippen LogP) is 2.98. The van der Waals surface area contributed by atoms with Crippen LogP contribution in [0, 0.1) is 5.82 Å². The van der Waals surface area contributed by atoms with E-state index < -0.39 is 11.7 Å². The van der Waals surface area contributed by atoms with E-state index in [0.717, 1.165) is 6.42 Å². The summed E-state index contributed by atoms with van der Waals surface area (Å²) in [4.78, 5) is 14.1. The second-order valence-electron chi connectivity index (χ2n) is 6.99. The van der Waals surface area contributed by atoms with Crippen LogP contribution in [0.15, 0.2) is 12.1 Å². The maximum absolute atomic E-state index is 14.2. The minimum absolute atomic E-state index is 0.0734. The zero-order valence-electron chi connectivity index (χ0n) is 13.3. The van der Waals surface area contributed by atoms with Crippen molar-refractivity contribution in [1.82, 2.24) is 4.90 Å². The van der Waals surface area contributed by atoms with E-state index in [1.807, 2.05) is 0 Å². The highest BCUT2D eigenvalue weighted by molar-refractivity contribution is 5.95. The molecule has 5 heteroatoms. The van der Waals surface area contributed by atoms with Gasteiger partial charge in [-0.25, -0.2) is 4.39 Å². The molecule has 1 atom stereocenters. The summed E-state index contributed by atoms with van der Waals surface area (Å²) < 4.78 is 20.3. The standard InChI is InChI=1S/C18H23FN2O2/c19-15-9-7-14(18(20)22)13-8-10-16(23-17(13)15)21(11-3-1-4-11)12-5-2-6-12/h7,9,11-12,16H,1-6,8,10H2,(H2,20,22). The van der Waals surface area contributed by atoms with E-state index in [1.54, 1.807) is 0 Å². The van der Waals surface area contributed by atoms with Crippen LogP contribution in [0.1, 0.15) is 60.9 Å². The van der Waals surface area contributed by atoms with Crippen molar-refractivity contribution in [3.8, 4) is 5.75 Å². The molecule has 1 aliphatic heterocycles. The Morgan fingerprint density at radius 2 is 1.78 bits per heavy atom. The molecule has 0 aromatic heterocycles. The van der Waals surface area contributed by atoms with Crippen LogP contribution in [0.4, 0.5) is 4.39 Å². The maximum atomic E-state index is 14.2. The van der Waals surface area contributed by atoms with E-state index in [2.05, 4.69) is 4.90 Å². The van der Waals surface area contributed by atoms with Gasteiger partial charge in [-0.1, -0.05) is 12.8 Å². The highest BCUT2D eigenvalue weighted by Gasteiger charge is 2.41.